The quantitative estimate of drug-likeness (QED) is 0.323. The van der Waals surface area contributed by atoms with Crippen molar-refractivity contribution in [3.05, 3.63) is 95.9 Å². The Bertz CT molecular complexity index is 1360. The summed E-state index contributed by atoms with van der Waals surface area (Å²) in [5.41, 5.74) is 3.82. The standard InChI is InChI=1S/C28H27N5O3/c34-26-12-11-22(31-27(35)21-10-5-14-29-18-21)16-23(26)24-17-25(20-8-4-9-20)33(32-24)28(36)30-15-13-19-6-2-1-3-7-19/h1-3,5-7,10-12,14,16-18,20,34H,4,8-9,13,15H2,(H,30,36)(H,31,35). The van der Waals surface area contributed by atoms with Gasteiger partial charge in [-0.1, -0.05) is 36.8 Å². The Morgan fingerprint density at radius 1 is 1.03 bits per heavy atom. The molecule has 0 aliphatic heterocycles. The highest BCUT2D eigenvalue weighted by atomic mass is 16.3. The zero-order valence-electron chi connectivity index (χ0n) is 19.7. The van der Waals surface area contributed by atoms with Gasteiger partial charge in [-0.05, 0) is 61.2 Å². The highest BCUT2D eigenvalue weighted by molar-refractivity contribution is 6.04. The minimum Gasteiger partial charge on any atom is -0.507 e. The number of benzene rings is 2. The van der Waals surface area contributed by atoms with E-state index in [2.05, 4.69) is 20.7 Å². The number of pyridine rings is 1. The van der Waals surface area contributed by atoms with Gasteiger partial charge in [0, 0.05) is 36.1 Å². The third-order valence-electron chi connectivity index (χ3n) is 6.44. The molecule has 1 saturated carbocycles. The SMILES string of the molecule is O=C(Nc1ccc(O)c(-c2cc(C3CCC3)n(C(=O)NCCc3ccccc3)n2)c1)c1cccnc1. The smallest absolute Gasteiger partial charge is 0.342 e. The van der Waals surface area contributed by atoms with Crippen molar-refractivity contribution in [1.82, 2.24) is 20.1 Å². The Hall–Kier alpha value is -4.46. The Morgan fingerprint density at radius 2 is 1.86 bits per heavy atom. The van der Waals surface area contributed by atoms with Gasteiger partial charge in [-0.25, -0.2) is 4.79 Å². The lowest BCUT2D eigenvalue weighted by atomic mass is 9.82. The molecule has 0 atom stereocenters. The summed E-state index contributed by atoms with van der Waals surface area (Å²) in [6.45, 7) is 0.489. The number of aromatic nitrogens is 3. The minimum atomic E-state index is -0.307. The summed E-state index contributed by atoms with van der Waals surface area (Å²) in [5, 5.41) is 20.9. The van der Waals surface area contributed by atoms with Crippen molar-refractivity contribution < 1.29 is 14.7 Å². The summed E-state index contributed by atoms with van der Waals surface area (Å²) < 4.78 is 1.42. The molecule has 0 radical (unpaired) electrons. The number of hydrogen-bond donors (Lipinski definition) is 3. The topological polar surface area (TPSA) is 109 Å². The van der Waals surface area contributed by atoms with Crippen LogP contribution < -0.4 is 10.6 Å². The van der Waals surface area contributed by atoms with Gasteiger partial charge in [0.2, 0.25) is 0 Å². The van der Waals surface area contributed by atoms with E-state index in [-0.39, 0.29) is 23.6 Å². The Kier molecular flexibility index (Phi) is 6.75. The molecule has 0 saturated heterocycles. The van der Waals surface area contributed by atoms with E-state index in [0.29, 0.717) is 29.1 Å². The van der Waals surface area contributed by atoms with Gasteiger partial charge >= 0.3 is 6.03 Å². The van der Waals surface area contributed by atoms with Crippen LogP contribution in [0.15, 0.2) is 79.1 Å². The van der Waals surface area contributed by atoms with Gasteiger partial charge in [-0.15, -0.1) is 0 Å². The number of hydrogen-bond acceptors (Lipinski definition) is 5. The second-order valence-electron chi connectivity index (χ2n) is 8.89. The summed E-state index contributed by atoms with van der Waals surface area (Å²) in [7, 11) is 0. The molecule has 2 aromatic heterocycles. The normalized spacial score (nSPS) is 13.1. The van der Waals surface area contributed by atoms with Gasteiger partial charge in [-0.3, -0.25) is 9.78 Å². The van der Waals surface area contributed by atoms with Crippen LogP contribution in [-0.4, -0.2) is 38.4 Å². The van der Waals surface area contributed by atoms with Crippen LogP contribution >= 0.6 is 0 Å². The molecule has 2 heterocycles. The van der Waals surface area contributed by atoms with Gasteiger partial charge in [-0.2, -0.15) is 9.78 Å². The van der Waals surface area contributed by atoms with E-state index in [0.717, 1.165) is 36.9 Å². The molecule has 3 N–H and O–H groups in total. The van der Waals surface area contributed by atoms with E-state index < -0.39 is 0 Å². The third-order valence-corrected chi connectivity index (χ3v) is 6.44. The average Bonchev–Trinajstić information content (AvgIpc) is 3.29. The van der Waals surface area contributed by atoms with E-state index in [9.17, 15) is 14.7 Å². The number of carbonyl (C=O) groups is 2. The number of nitrogens with zero attached hydrogens (tertiary/aromatic N) is 3. The lowest BCUT2D eigenvalue weighted by Gasteiger charge is -2.25. The van der Waals surface area contributed by atoms with Crippen molar-refractivity contribution in [3.63, 3.8) is 0 Å². The highest BCUT2D eigenvalue weighted by Gasteiger charge is 2.27. The second kappa shape index (κ2) is 10.4. The molecule has 0 bridgehead atoms. The molecule has 0 spiro atoms. The van der Waals surface area contributed by atoms with Crippen molar-refractivity contribution in [2.24, 2.45) is 0 Å². The van der Waals surface area contributed by atoms with Crippen LogP contribution in [0.1, 0.15) is 46.8 Å². The lowest BCUT2D eigenvalue weighted by Crippen LogP contribution is -2.33. The molecule has 8 heteroatoms. The van der Waals surface area contributed by atoms with Crippen LogP contribution in [0.5, 0.6) is 5.75 Å². The monoisotopic (exact) mass is 481 g/mol. The van der Waals surface area contributed by atoms with Crippen molar-refractivity contribution in [1.29, 1.82) is 0 Å². The Labute approximate surface area is 209 Å². The van der Waals surface area contributed by atoms with Crippen molar-refractivity contribution in [2.45, 2.75) is 31.6 Å². The summed E-state index contributed by atoms with van der Waals surface area (Å²) in [6, 6.07) is 19.7. The first-order chi connectivity index (χ1) is 17.6. The lowest BCUT2D eigenvalue weighted by molar-refractivity contribution is 0.102. The largest absolute Gasteiger partial charge is 0.507 e. The molecule has 36 heavy (non-hydrogen) atoms. The fourth-order valence-corrected chi connectivity index (χ4v) is 4.24. The first-order valence-corrected chi connectivity index (χ1v) is 12.1. The van der Waals surface area contributed by atoms with E-state index in [4.69, 9.17) is 0 Å². The maximum Gasteiger partial charge on any atom is 0.342 e. The predicted molar refractivity (Wildman–Crippen MR) is 137 cm³/mol. The van der Waals surface area contributed by atoms with Gasteiger partial charge in [0.15, 0.2) is 0 Å². The molecule has 4 aromatic rings. The number of carbonyl (C=O) groups excluding carboxylic acids is 2. The number of phenolic OH excluding ortho intramolecular Hbond substituents is 1. The molecule has 5 rings (SSSR count). The molecule has 1 aliphatic rings. The number of amides is 2. The average molecular weight is 482 g/mol. The zero-order chi connectivity index (χ0) is 24.9. The second-order valence-corrected chi connectivity index (χ2v) is 8.89. The van der Waals surface area contributed by atoms with E-state index >= 15 is 0 Å². The van der Waals surface area contributed by atoms with Gasteiger partial charge < -0.3 is 15.7 Å². The summed E-state index contributed by atoms with van der Waals surface area (Å²) >= 11 is 0. The highest BCUT2D eigenvalue weighted by Crippen LogP contribution is 2.39. The summed E-state index contributed by atoms with van der Waals surface area (Å²) in [5.74, 6) is -0.0383. The molecule has 2 amide bonds. The fourth-order valence-electron chi connectivity index (χ4n) is 4.24. The summed E-state index contributed by atoms with van der Waals surface area (Å²) in [4.78, 5) is 29.6. The van der Waals surface area contributed by atoms with Crippen LogP contribution in [0.2, 0.25) is 0 Å². The van der Waals surface area contributed by atoms with Crippen LogP contribution in [-0.2, 0) is 6.42 Å². The summed E-state index contributed by atoms with van der Waals surface area (Å²) in [6.07, 6.45) is 6.91. The van der Waals surface area contributed by atoms with Crippen molar-refractivity contribution >= 4 is 17.6 Å². The van der Waals surface area contributed by atoms with Gasteiger partial charge in [0.25, 0.3) is 5.91 Å². The zero-order valence-corrected chi connectivity index (χ0v) is 19.7. The molecular weight excluding hydrogens is 454 g/mol. The molecule has 0 unspecified atom stereocenters. The van der Waals surface area contributed by atoms with Crippen LogP contribution in [0.4, 0.5) is 10.5 Å². The van der Waals surface area contributed by atoms with E-state index in [1.54, 1.807) is 30.5 Å². The number of nitrogens with one attached hydrogen (secondary N) is 2. The van der Waals surface area contributed by atoms with Crippen molar-refractivity contribution in [2.75, 3.05) is 11.9 Å². The molecule has 1 fully saturated rings. The van der Waals surface area contributed by atoms with E-state index in [1.807, 2.05) is 36.4 Å². The van der Waals surface area contributed by atoms with Crippen LogP contribution in [0.25, 0.3) is 11.3 Å². The fraction of sp³-hybridized carbons (Fsp3) is 0.214. The molecular formula is C28H27N5O3. The van der Waals surface area contributed by atoms with Crippen LogP contribution in [0.3, 0.4) is 0 Å². The Morgan fingerprint density at radius 3 is 2.58 bits per heavy atom. The molecule has 1 aliphatic carbocycles. The molecule has 8 nitrogen and oxygen atoms in total. The molecule has 2 aromatic carbocycles. The minimum absolute atomic E-state index is 0.0173. The number of aromatic hydroxyl groups is 1. The predicted octanol–water partition coefficient (Wildman–Crippen LogP) is 4.97. The van der Waals surface area contributed by atoms with Crippen molar-refractivity contribution in [3.8, 4) is 17.0 Å². The number of phenols is 1. The van der Waals surface area contributed by atoms with E-state index in [1.165, 1.54) is 16.9 Å². The van der Waals surface area contributed by atoms with Gasteiger partial charge in [0.05, 0.1) is 17.0 Å². The molecule has 182 valence electrons. The number of anilines is 1. The maximum absolute atomic E-state index is 13.1. The van der Waals surface area contributed by atoms with Crippen LogP contribution in [0, 0.1) is 0 Å². The first kappa shape index (κ1) is 23.3. The Balaban J connectivity index is 1.37. The third kappa shape index (κ3) is 5.12. The first-order valence-electron chi connectivity index (χ1n) is 12.1. The number of rotatable bonds is 7. The maximum atomic E-state index is 13.1. The van der Waals surface area contributed by atoms with Gasteiger partial charge in [0.1, 0.15) is 5.75 Å².